The molecule has 3 amide bonds. The molecule has 21 heavy (non-hydrogen) atoms. The summed E-state index contributed by atoms with van der Waals surface area (Å²) in [4.78, 5) is 39.3. The van der Waals surface area contributed by atoms with Crippen LogP contribution in [0.4, 0.5) is 4.79 Å². The van der Waals surface area contributed by atoms with Crippen LogP contribution in [0, 0.1) is 0 Å². The minimum absolute atomic E-state index is 0.0263. The number of amides is 3. The molecule has 3 N–H and O–H groups in total. The third kappa shape index (κ3) is 4.42. The Kier molecular flexibility index (Phi) is 5.09. The number of thiazole rings is 1. The predicted molar refractivity (Wildman–Crippen MR) is 75.4 cm³/mol. The number of carboxylic acids is 1. The molecule has 2 heterocycles. The van der Waals surface area contributed by atoms with Gasteiger partial charge in [-0.1, -0.05) is 0 Å². The van der Waals surface area contributed by atoms with Crippen LogP contribution in [0.2, 0.25) is 0 Å². The number of nitrogens with zero attached hydrogens (tertiary/aromatic N) is 2. The second-order valence-electron chi connectivity index (χ2n) is 4.50. The van der Waals surface area contributed by atoms with E-state index in [-0.39, 0.29) is 17.6 Å². The second kappa shape index (κ2) is 7.02. The minimum atomic E-state index is -1.05. The largest absolute Gasteiger partial charge is 0.476 e. The average Bonchev–Trinajstić information content (AvgIpc) is 2.81. The van der Waals surface area contributed by atoms with Crippen LogP contribution in [0.5, 0.6) is 0 Å². The summed E-state index contributed by atoms with van der Waals surface area (Å²) in [7, 11) is 0. The van der Waals surface area contributed by atoms with Gasteiger partial charge in [-0.05, 0) is 0 Å². The zero-order valence-corrected chi connectivity index (χ0v) is 12.1. The maximum atomic E-state index is 11.9. The van der Waals surface area contributed by atoms with Gasteiger partial charge >= 0.3 is 12.0 Å². The molecule has 1 saturated heterocycles. The van der Waals surface area contributed by atoms with Gasteiger partial charge < -0.3 is 20.6 Å². The van der Waals surface area contributed by atoms with E-state index in [0.29, 0.717) is 44.0 Å². The van der Waals surface area contributed by atoms with Crippen molar-refractivity contribution in [1.82, 2.24) is 20.5 Å². The standard InChI is InChI=1S/C12H16N4O4S/c17-9-2-5-16(6-4-13-9)12(20)14-3-1-10-15-8(7-21-10)11(18)19/h7H,1-6H2,(H,13,17)(H,14,20)(H,18,19). The molecule has 8 nitrogen and oxygen atoms in total. The van der Waals surface area contributed by atoms with Crippen molar-refractivity contribution in [2.75, 3.05) is 26.2 Å². The van der Waals surface area contributed by atoms with Crippen molar-refractivity contribution in [3.63, 3.8) is 0 Å². The number of urea groups is 1. The SMILES string of the molecule is O=C1CCN(C(=O)NCCc2nc(C(=O)O)cs2)CCN1. The molecule has 0 bridgehead atoms. The Hall–Kier alpha value is -2.16. The molecular weight excluding hydrogens is 296 g/mol. The van der Waals surface area contributed by atoms with Crippen LogP contribution in [0.3, 0.4) is 0 Å². The van der Waals surface area contributed by atoms with Crippen LogP contribution in [-0.2, 0) is 11.2 Å². The molecule has 1 aliphatic rings. The van der Waals surface area contributed by atoms with Crippen molar-refractivity contribution in [3.8, 4) is 0 Å². The fraction of sp³-hybridized carbons (Fsp3) is 0.500. The van der Waals surface area contributed by atoms with E-state index in [1.807, 2.05) is 0 Å². The highest BCUT2D eigenvalue weighted by Crippen LogP contribution is 2.10. The first-order valence-corrected chi connectivity index (χ1v) is 7.41. The number of hydrogen-bond acceptors (Lipinski definition) is 5. The Bertz CT molecular complexity index is 545. The normalized spacial score (nSPS) is 15.2. The van der Waals surface area contributed by atoms with Crippen molar-refractivity contribution >= 4 is 29.2 Å². The number of carboxylic acid groups (broad SMARTS) is 1. The smallest absolute Gasteiger partial charge is 0.355 e. The van der Waals surface area contributed by atoms with E-state index < -0.39 is 5.97 Å². The topological polar surface area (TPSA) is 112 Å². The Morgan fingerprint density at radius 1 is 1.48 bits per heavy atom. The molecule has 0 saturated carbocycles. The number of hydrogen-bond donors (Lipinski definition) is 3. The molecule has 1 aromatic heterocycles. The summed E-state index contributed by atoms with van der Waals surface area (Å²) in [5.41, 5.74) is 0.0263. The first-order chi connectivity index (χ1) is 10.1. The monoisotopic (exact) mass is 312 g/mol. The molecule has 114 valence electrons. The minimum Gasteiger partial charge on any atom is -0.476 e. The number of carbonyl (C=O) groups is 3. The Labute approximate surface area is 125 Å². The fourth-order valence-electron chi connectivity index (χ4n) is 1.88. The summed E-state index contributed by atoms with van der Waals surface area (Å²) >= 11 is 1.26. The summed E-state index contributed by atoms with van der Waals surface area (Å²) < 4.78 is 0. The second-order valence-corrected chi connectivity index (χ2v) is 5.44. The maximum absolute atomic E-state index is 11.9. The summed E-state index contributed by atoms with van der Waals surface area (Å²) in [6, 6.07) is -0.221. The molecular formula is C12H16N4O4S. The highest BCUT2D eigenvalue weighted by molar-refractivity contribution is 7.09. The van der Waals surface area contributed by atoms with E-state index in [4.69, 9.17) is 5.11 Å². The quantitative estimate of drug-likeness (QED) is 0.720. The van der Waals surface area contributed by atoms with E-state index in [1.54, 1.807) is 4.90 Å². The first kappa shape index (κ1) is 15.2. The number of aromatic carboxylic acids is 1. The van der Waals surface area contributed by atoms with E-state index in [1.165, 1.54) is 16.7 Å². The molecule has 0 atom stereocenters. The van der Waals surface area contributed by atoms with Crippen LogP contribution in [0.15, 0.2) is 5.38 Å². The van der Waals surface area contributed by atoms with Gasteiger partial charge in [0.2, 0.25) is 5.91 Å². The van der Waals surface area contributed by atoms with Crippen molar-refractivity contribution in [2.24, 2.45) is 0 Å². The molecule has 1 aliphatic heterocycles. The summed E-state index contributed by atoms with van der Waals surface area (Å²) in [6.45, 7) is 1.72. The van der Waals surface area contributed by atoms with Gasteiger partial charge in [0.05, 0.1) is 5.01 Å². The van der Waals surface area contributed by atoms with Gasteiger partial charge in [-0.2, -0.15) is 0 Å². The van der Waals surface area contributed by atoms with Crippen molar-refractivity contribution in [1.29, 1.82) is 0 Å². The van der Waals surface area contributed by atoms with Gasteiger partial charge in [-0.3, -0.25) is 4.79 Å². The maximum Gasteiger partial charge on any atom is 0.355 e. The van der Waals surface area contributed by atoms with E-state index in [2.05, 4.69) is 15.6 Å². The van der Waals surface area contributed by atoms with Gasteiger partial charge in [0.25, 0.3) is 0 Å². The Morgan fingerprint density at radius 3 is 3.00 bits per heavy atom. The molecule has 0 radical (unpaired) electrons. The molecule has 0 unspecified atom stereocenters. The molecule has 9 heteroatoms. The predicted octanol–water partition coefficient (Wildman–Crippen LogP) is -0.0847. The molecule has 2 rings (SSSR count). The van der Waals surface area contributed by atoms with Crippen LogP contribution in [0.25, 0.3) is 0 Å². The highest BCUT2D eigenvalue weighted by atomic mass is 32.1. The number of aromatic nitrogens is 1. The molecule has 0 spiro atoms. The lowest BCUT2D eigenvalue weighted by Gasteiger charge is -2.19. The number of rotatable bonds is 4. The van der Waals surface area contributed by atoms with E-state index in [0.717, 1.165) is 0 Å². The van der Waals surface area contributed by atoms with Crippen LogP contribution >= 0.6 is 11.3 Å². The number of carbonyl (C=O) groups excluding carboxylic acids is 2. The van der Waals surface area contributed by atoms with Crippen molar-refractivity contribution < 1.29 is 19.5 Å². The Balaban J connectivity index is 1.75. The molecule has 1 aromatic rings. The van der Waals surface area contributed by atoms with Crippen molar-refractivity contribution in [3.05, 3.63) is 16.1 Å². The summed E-state index contributed by atoms with van der Waals surface area (Å²) in [5.74, 6) is -1.10. The van der Waals surface area contributed by atoms with Gasteiger partial charge in [-0.25, -0.2) is 14.6 Å². The molecule has 0 aromatic carbocycles. The zero-order valence-electron chi connectivity index (χ0n) is 11.3. The van der Waals surface area contributed by atoms with Crippen LogP contribution in [0.1, 0.15) is 21.9 Å². The van der Waals surface area contributed by atoms with E-state index >= 15 is 0 Å². The Morgan fingerprint density at radius 2 is 2.29 bits per heavy atom. The lowest BCUT2D eigenvalue weighted by Crippen LogP contribution is -2.42. The molecule has 1 fully saturated rings. The summed E-state index contributed by atoms with van der Waals surface area (Å²) in [5, 5.41) is 16.4. The summed E-state index contributed by atoms with van der Waals surface area (Å²) in [6.07, 6.45) is 0.788. The lowest BCUT2D eigenvalue weighted by molar-refractivity contribution is -0.120. The van der Waals surface area contributed by atoms with E-state index in [9.17, 15) is 14.4 Å². The van der Waals surface area contributed by atoms with Gasteiger partial charge in [0.15, 0.2) is 5.69 Å². The van der Waals surface area contributed by atoms with Gasteiger partial charge in [0, 0.05) is 44.4 Å². The zero-order chi connectivity index (χ0) is 15.2. The molecule has 0 aliphatic carbocycles. The van der Waals surface area contributed by atoms with Gasteiger partial charge in [-0.15, -0.1) is 11.3 Å². The number of nitrogens with one attached hydrogen (secondary N) is 2. The van der Waals surface area contributed by atoms with Crippen molar-refractivity contribution in [2.45, 2.75) is 12.8 Å². The van der Waals surface area contributed by atoms with Crippen LogP contribution in [-0.4, -0.2) is 59.1 Å². The first-order valence-electron chi connectivity index (χ1n) is 6.53. The third-order valence-electron chi connectivity index (χ3n) is 2.99. The highest BCUT2D eigenvalue weighted by Gasteiger charge is 2.18. The average molecular weight is 312 g/mol. The lowest BCUT2D eigenvalue weighted by atomic mass is 10.4. The third-order valence-corrected chi connectivity index (χ3v) is 3.89. The fourth-order valence-corrected chi connectivity index (χ4v) is 2.65. The van der Waals surface area contributed by atoms with Gasteiger partial charge in [0.1, 0.15) is 0 Å². The van der Waals surface area contributed by atoms with Crippen LogP contribution < -0.4 is 10.6 Å².